The van der Waals surface area contributed by atoms with Crippen molar-refractivity contribution in [3.63, 3.8) is 0 Å². The molecule has 1 aliphatic rings. The monoisotopic (exact) mass is 265 g/mol. The highest BCUT2D eigenvalue weighted by Crippen LogP contribution is 2.19. The molecule has 0 unspecified atom stereocenters. The van der Waals surface area contributed by atoms with Crippen LogP contribution in [-0.4, -0.2) is 45.9 Å². The van der Waals surface area contributed by atoms with Gasteiger partial charge in [-0.2, -0.15) is 5.10 Å². The van der Waals surface area contributed by atoms with Gasteiger partial charge >= 0.3 is 0 Å². The zero-order valence-electron chi connectivity index (χ0n) is 12.4. The van der Waals surface area contributed by atoms with Crippen LogP contribution in [0.15, 0.2) is 0 Å². The summed E-state index contributed by atoms with van der Waals surface area (Å²) >= 11 is 0. The number of morpholine rings is 1. The maximum absolute atomic E-state index is 12.7. The van der Waals surface area contributed by atoms with Crippen LogP contribution in [0, 0.1) is 13.8 Å². The Hall–Kier alpha value is -1.36. The molecule has 2 atom stereocenters. The molecule has 2 heterocycles. The molecule has 0 radical (unpaired) electrons. The Balaban J connectivity index is 2.26. The summed E-state index contributed by atoms with van der Waals surface area (Å²) in [5, 5.41) is 4.42. The lowest BCUT2D eigenvalue weighted by Gasteiger charge is -2.35. The van der Waals surface area contributed by atoms with Crippen LogP contribution in [0.5, 0.6) is 0 Å². The molecule has 2 rings (SSSR count). The van der Waals surface area contributed by atoms with Crippen LogP contribution in [0.3, 0.4) is 0 Å². The van der Waals surface area contributed by atoms with Crippen molar-refractivity contribution in [3.8, 4) is 0 Å². The van der Waals surface area contributed by atoms with Gasteiger partial charge in [-0.1, -0.05) is 0 Å². The number of ether oxygens (including phenoxy) is 1. The van der Waals surface area contributed by atoms with Gasteiger partial charge in [0.1, 0.15) is 0 Å². The fraction of sp³-hybridized carbons (Fsp3) is 0.714. The van der Waals surface area contributed by atoms with Gasteiger partial charge in [0.05, 0.1) is 23.5 Å². The molecule has 1 aromatic rings. The fourth-order valence-electron chi connectivity index (χ4n) is 2.82. The Bertz CT molecular complexity index is 471. The average molecular weight is 265 g/mol. The molecule has 0 saturated carbocycles. The average Bonchev–Trinajstić information content (AvgIpc) is 2.62. The van der Waals surface area contributed by atoms with Crippen LogP contribution in [0.1, 0.15) is 42.5 Å². The number of hydrogen-bond donors (Lipinski definition) is 0. The number of nitrogens with zero attached hydrogens (tertiary/aromatic N) is 3. The van der Waals surface area contributed by atoms with E-state index in [2.05, 4.69) is 5.10 Å². The molecule has 1 aliphatic heterocycles. The second kappa shape index (κ2) is 5.33. The first kappa shape index (κ1) is 14.1. The minimum Gasteiger partial charge on any atom is -0.372 e. The maximum Gasteiger partial charge on any atom is 0.257 e. The third-order valence-electron chi connectivity index (χ3n) is 3.60. The molecule has 19 heavy (non-hydrogen) atoms. The van der Waals surface area contributed by atoms with Gasteiger partial charge in [0.25, 0.3) is 5.91 Å². The summed E-state index contributed by atoms with van der Waals surface area (Å²) in [6.07, 6.45) is 0.184. The highest BCUT2D eigenvalue weighted by molar-refractivity contribution is 5.96. The molecule has 106 valence electrons. The van der Waals surface area contributed by atoms with Crippen molar-refractivity contribution in [1.82, 2.24) is 14.7 Å². The molecule has 5 nitrogen and oxygen atoms in total. The van der Waals surface area contributed by atoms with Crippen LogP contribution >= 0.6 is 0 Å². The second-order valence-corrected chi connectivity index (χ2v) is 5.33. The summed E-state index contributed by atoms with van der Waals surface area (Å²) in [5.74, 6) is 0.0803. The number of amides is 1. The minimum atomic E-state index is 0.0803. The van der Waals surface area contributed by atoms with Gasteiger partial charge in [0, 0.05) is 25.3 Å². The van der Waals surface area contributed by atoms with Crippen molar-refractivity contribution in [3.05, 3.63) is 17.0 Å². The lowest BCUT2D eigenvalue weighted by molar-refractivity contribution is -0.0586. The summed E-state index contributed by atoms with van der Waals surface area (Å²) in [6.45, 7) is 12.0. The van der Waals surface area contributed by atoms with E-state index >= 15 is 0 Å². The molecule has 0 N–H and O–H groups in total. The van der Waals surface area contributed by atoms with E-state index in [1.165, 1.54) is 0 Å². The number of rotatable bonds is 2. The maximum atomic E-state index is 12.7. The lowest BCUT2D eigenvalue weighted by Crippen LogP contribution is -2.48. The van der Waals surface area contributed by atoms with Crippen molar-refractivity contribution in [1.29, 1.82) is 0 Å². The number of carbonyl (C=O) groups is 1. The standard InChI is InChI=1S/C14H23N3O2/c1-6-17-12(5)13(11(4)15-17)14(18)16-7-9(2)19-10(3)8-16/h9-10H,6-8H2,1-5H3/t9-,10-/m0/s1. The van der Waals surface area contributed by atoms with Gasteiger partial charge in [-0.15, -0.1) is 0 Å². The molecule has 1 aromatic heterocycles. The Kier molecular flexibility index (Phi) is 3.94. The predicted octanol–water partition coefficient (Wildman–Crippen LogP) is 1.77. The van der Waals surface area contributed by atoms with Gasteiger partial charge < -0.3 is 9.64 Å². The van der Waals surface area contributed by atoms with Gasteiger partial charge in [-0.05, 0) is 34.6 Å². The predicted molar refractivity (Wildman–Crippen MR) is 73.3 cm³/mol. The highest BCUT2D eigenvalue weighted by atomic mass is 16.5. The summed E-state index contributed by atoms with van der Waals surface area (Å²) < 4.78 is 7.56. The quantitative estimate of drug-likeness (QED) is 0.818. The van der Waals surface area contributed by atoms with Crippen molar-refractivity contribution in [2.24, 2.45) is 0 Å². The summed E-state index contributed by atoms with van der Waals surface area (Å²) in [6, 6.07) is 0. The van der Waals surface area contributed by atoms with Gasteiger partial charge in [0.15, 0.2) is 0 Å². The summed E-state index contributed by atoms with van der Waals surface area (Å²) in [7, 11) is 0. The van der Waals surface area contributed by atoms with E-state index in [1.54, 1.807) is 0 Å². The Morgan fingerprint density at radius 1 is 1.32 bits per heavy atom. The summed E-state index contributed by atoms with van der Waals surface area (Å²) in [4.78, 5) is 14.6. The third-order valence-corrected chi connectivity index (χ3v) is 3.60. The smallest absolute Gasteiger partial charge is 0.257 e. The zero-order valence-corrected chi connectivity index (χ0v) is 12.4. The van der Waals surface area contributed by atoms with Gasteiger partial charge in [-0.25, -0.2) is 0 Å². The van der Waals surface area contributed by atoms with Crippen molar-refractivity contribution >= 4 is 5.91 Å². The van der Waals surface area contributed by atoms with E-state index in [4.69, 9.17) is 4.74 Å². The van der Waals surface area contributed by atoms with E-state index in [-0.39, 0.29) is 18.1 Å². The Morgan fingerprint density at radius 2 is 1.89 bits per heavy atom. The number of aryl methyl sites for hydroxylation is 2. The van der Waals surface area contributed by atoms with Crippen molar-refractivity contribution in [2.75, 3.05) is 13.1 Å². The normalized spacial score (nSPS) is 23.7. The lowest BCUT2D eigenvalue weighted by atomic mass is 10.1. The van der Waals surface area contributed by atoms with E-state index in [0.29, 0.717) is 13.1 Å². The number of hydrogen-bond acceptors (Lipinski definition) is 3. The van der Waals surface area contributed by atoms with Crippen LogP contribution in [0.25, 0.3) is 0 Å². The van der Waals surface area contributed by atoms with E-state index in [9.17, 15) is 4.79 Å². The Labute approximate surface area is 114 Å². The largest absolute Gasteiger partial charge is 0.372 e. The van der Waals surface area contributed by atoms with Crippen LogP contribution < -0.4 is 0 Å². The molecule has 0 bridgehead atoms. The third kappa shape index (κ3) is 2.66. The topological polar surface area (TPSA) is 47.4 Å². The van der Waals surface area contributed by atoms with Crippen LogP contribution in [-0.2, 0) is 11.3 Å². The fourth-order valence-corrected chi connectivity index (χ4v) is 2.82. The first-order valence-electron chi connectivity index (χ1n) is 6.92. The SMILES string of the molecule is CCn1nc(C)c(C(=O)N2C[C@H](C)O[C@@H](C)C2)c1C. The molecule has 1 amide bonds. The van der Waals surface area contributed by atoms with Crippen LogP contribution in [0.2, 0.25) is 0 Å². The first-order valence-corrected chi connectivity index (χ1v) is 6.92. The van der Waals surface area contributed by atoms with E-state index in [0.717, 1.165) is 23.5 Å². The summed E-state index contributed by atoms with van der Waals surface area (Å²) in [5.41, 5.74) is 2.52. The first-order chi connectivity index (χ1) is 8.93. The van der Waals surface area contributed by atoms with Gasteiger partial charge in [-0.3, -0.25) is 9.48 Å². The molecular weight excluding hydrogens is 242 g/mol. The van der Waals surface area contributed by atoms with Gasteiger partial charge in [0.2, 0.25) is 0 Å². The Morgan fingerprint density at radius 3 is 2.37 bits per heavy atom. The molecule has 1 fully saturated rings. The van der Waals surface area contributed by atoms with E-state index < -0.39 is 0 Å². The molecule has 0 aliphatic carbocycles. The number of aromatic nitrogens is 2. The molecule has 5 heteroatoms. The molecule has 0 spiro atoms. The molecule has 0 aromatic carbocycles. The molecular formula is C14H23N3O2. The minimum absolute atomic E-state index is 0.0803. The highest BCUT2D eigenvalue weighted by Gasteiger charge is 2.29. The van der Waals surface area contributed by atoms with E-state index in [1.807, 2.05) is 44.2 Å². The molecule has 1 saturated heterocycles. The van der Waals surface area contributed by atoms with Crippen LogP contribution in [0.4, 0.5) is 0 Å². The zero-order chi connectivity index (χ0) is 14.2. The number of carbonyl (C=O) groups excluding carboxylic acids is 1. The van der Waals surface area contributed by atoms with Crippen molar-refractivity contribution < 1.29 is 9.53 Å². The van der Waals surface area contributed by atoms with Crippen molar-refractivity contribution in [2.45, 2.75) is 53.4 Å². The second-order valence-electron chi connectivity index (χ2n) is 5.33.